The van der Waals surface area contributed by atoms with Crippen LogP contribution >= 0.6 is 0 Å². The summed E-state index contributed by atoms with van der Waals surface area (Å²) >= 11 is 0. The summed E-state index contributed by atoms with van der Waals surface area (Å²) in [5, 5.41) is 14.3. The lowest BCUT2D eigenvalue weighted by atomic mass is 9.98. The van der Waals surface area contributed by atoms with Crippen molar-refractivity contribution in [2.75, 3.05) is 12.4 Å². The molecule has 7 heteroatoms. The first-order chi connectivity index (χ1) is 9.97. The van der Waals surface area contributed by atoms with Gasteiger partial charge in [0.2, 0.25) is 0 Å². The Hall–Kier alpha value is -2.31. The summed E-state index contributed by atoms with van der Waals surface area (Å²) in [6.07, 6.45) is 2.33. The Morgan fingerprint density at radius 2 is 2.00 bits per heavy atom. The lowest BCUT2D eigenvalue weighted by Gasteiger charge is -2.25. The van der Waals surface area contributed by atoms with Crippen LogP contribution in [0.4, 0.5) is 14.9 Å². The number of aliphatic carboxylic acids is 1. The van der Waals surface area contributed by atoms with E-state index in [1.54, 1.807) is 0 Å². The number of ether oxygens (including phenoxy) is 1. The summed E-state index contributed by atoms with van der Waals surface area (Å²) in [6, 6.07) is 3.24. The van der Waals surface area contributed by atoms with Crippen LogP contribution in [-0.4, -0.2) is 29.8 Å². The van der Waals surface area contributed by atoms with Gasteiger partial charge in [-0.1, -0.05) is 12.8 Å². The van der Waals surface area contributed by atoms with Gasteiger partial charge in [0.05, 0.1) is 7.11 Å². The molecule has 6 nitrogen and oxygen atoms in total. The minimum atomic E-state index is -1.21. The van der Waals surface area contributed by atoms with E-state index in [2.05, 4.69) is 10.6 Å². The monoisotopic (exact) mass is 296 g/mol. The predicted octanol–water partition coefficient (Wildman–Crippen LogP) is 2.35. The Labute approximate surface area is 121 Å². The highest BCUT2D eigenvalue weighted by molar-refractivity contribution is 5.94. The number of hydrogen-bond donors (Lipinski definition) is 3. The van der Waals surface area contributed by atoms with Crippen LogP contribution in [0.15, 0.2) is 18.2 Å². The van der Waals surface area contributed by atoms with Crippen molar-refractivity contribution in [1.82, 2.24) is 5.32 Å². The molecule has 0 spiro atoms. The maximum atomic E-state index is 13.3. The van der Waals surface area contributed by atoms with Crippen molar-refractivity contribution in [2.24, 2.45) is 0 Å². The topological polar surface area (TPSA) is 87.7 Å². The van der Waals surface area contributed by atoms with E-state index >= 15 is 0 Å². The summed E-state index contributed by atoms with van der Waals surface area (Å²) in [4.78, 5) is 23.3. The number of carboxylic acids is 1. The lowest BCUT2D eigenvalue weighted by Crippen LogP contribution is -2.53. The van der Waals surface area contributed by atoms with E-state index in [1.165, 1.54) is 19.2 Å². The van der Waals surface area contributed by atoms with Crippen LogP contribution in [0.1, 0.15) is 25.7 Å². The van der Waals surface area contributed by atoms with Crippen molar-refractivity contribution < 1.29 is 23.8 Å². The van der Waals surface area contributed by atoms with Crippen molar-refractivity contribution in [1.29, 1.82) is 0 Å². The Morgan fingerprint density at radius 3 is 2.57 bits per heavy atom. The average Bonchev–Trinajstić information content (AvgIpc) is 2.90. The van der Waals surface area contributed by atoms with E-state index in [4.69, 9.17) is 4.74 Å². The van der Waals surface area contributed by atoms with Gasteiger partial charge in [0.15, 0.2) is 11.6 Å². The summed E-state index contributed by atoms with van der Waals surface area (Å²) in [6.45, 7) is 0. The van der Waals surface area contributed by atoms with Crippen LogP contribution in [0.3, 0.4) is 0 Å². The number of carbonyl (C=O) groups is 2. The van der Waals surface area contributed by atoms with Gasteiger partial charge in [0, 0.05) is 11.8 Å². The van der Waals surface area contributed by atoms with Gasteiger partial charge in [-0.2, -0.15) is 0 Å². The normalized spacial score (nSPS) is 16.3. The highest BCUT2D eigenvalue weighted by atomic mass is 19.1. The first-order valence-electron chi connectivity index (χ1n) is 6.63. The minimum absolute atomic E-state index is 0.00149. The number of anilines is 1. The number of methoxy groups -OCH3 is 1. The molecule has 0 radical (unpaired) electrons. The van der Waals surface area contributed by atoms with Crippen LogP contribution in [0.5, 0.6) is 5.75 Å². The van der Waals surface area contributed by atoms with Crippen molar-refractivity contribution >= 4 is 17.7 Å². The molecule has 1 saturated carbocycles. The standard InChI is InChI=1S/C14H17FN2O4/c1-21-11-8-9(4-5-10(11)15)16-13(20)17-14(12(18)19)6-2-3-7-14/h4-5,8H,2-3,6-7H2,1H3,(H,18,19)(H2,16,17,20). The van der Waals surface area contributed by atoms with Crippen LogP contribution in [0.25, 0.3) is 0 Å². The van der Waals surface area contributed by atoms with Gasteiger partial charge in [-0.05, 0) is 25.0 Å². The van der Waals surface area contributed by atoms with E-state index in [0.29, 0.717) is 18.5 Å². The Morgan fingerprint density at radius 1 is 1.33 bits per heavy atom. The molecule has 3 N–H and O–H groups in total. The van der Waals surface area contributed by atoms with Gasteiger partial charge < -0.3 is 20.5 Å². The number of amides is 2. The van der Waals surface area contributed by atoms with Crippen LogP contribution in [0, 0.1) is 5.82 Å². The quantitative estimate of drug-likeness (QED) is 0.796. The Balaban J connectivity index is 2.06. The van der Waals surface area contributed by atoms with E-state index in [0.717, 1.165) is 18.9 Å². The fraction of sp³-hybridized carbons (Fsp3) is 0.429. The molecule has 0 bridgehead atoms. The summed E-state index contributed by atoms with van der Waals surface area (Å²) in [5.74, 6) is -1.57. The van der Waals surface area contributed by atoms with E-state index < -0.39 is 23.4 Å². The van der Waals surface area contributed by atoms with Crippen molar-refractivity contribution in [3.05, 3.63) is 24.0 Å². The molecular weight excluding hydrogens is 279 g/mol. The van der Waals surface area contributed by atoms with Gasteiger partial charge in [-0.15, -0.1) is 0 Å². The van der Waals surface area contributed by atoms with E-state index in [1.807, 2.05) is 0 Å². The zero-order valence-corrected chi connectivity index (χ0v) is 11.6. The lowest BCUT2D eigenvalue weighted by molar-refractivity contribution is -0.144. The predicted molar refractivity (Wildman–Crippen MR) is 73.9 cm³/mol. The average molecular weight is 296 g/mol. The van der Waals surface area contributed by atoms with Crippen LogP contribution in [-0.2, 0) is 4.79 Å². The molecule has 2 amide bonds. The molecule has 2 rings (SSSR count). The molecule has 1 aromatic carbocycles. The van der Waals surface area contributed by atoms with Crippen LogP contribution in [0.2, 0.25) is 0 Å². The second-order valence-electron chi connectivity index (χ2n) is 5.02. The molecule has 0 unspecified atom stereocenters. The molecule has 114 valence electrons. The molecule has 1 aliphatic carbocycles. The second kappa shape index (κ2) is 5.99. The molecule has 0 aliphatic heterocycles. The summed E-state index contributed by atoms with van der Waals surface area (Å²) < 4.78 is 18.1. The third kappa shape index (κ3) is 3.24. The molecule has 1 aromatic rings. The minimum Gasteiger partial charge on any atom is -0.494 e. The zero-order valence-electron chi connectivity index (χ0n) is 11.6. The third-order valence-electron chi connectivity index (χ3n) is 3.63. The molecule has 1 fully saturated rings. The maximum absolute atomic E-state index is 13.3. The number of rotatable bonds is 4. The number of halogens is 1. The molecule has 0 heterocycles. The number of nitrogens with one attached hydrogen (secondary N) is 2. The van der Waals surface area contributed by atoms with E-state index in [9.17, 15) is 19.1 Å². The second-order valence-corrected chi connectivity index (χ2v) is 5.02. The molecule has 0 saturated heterocycles. The molecule has 21 heavy (non-hydrogen) atoms. The first-order valence-corrected chi connectivity index (χ1v) is 6.63. The van der Waals surface area contributed by atoms with Crippen LogP contribution < -0.4 is 15.4 Å². The number of carboxylic acid groups (broad SMARTS) is 1. The van der Waals surface area contributed by atoms with Gasteiger partial charge >= 0.3 is 12.0 Å². The number of benzene rings is 1. The number of hydrogen-bond acceptors (Lipinski definition) is 3. The van der Waals surface area contributed by atoms with Gasteiger partial charge in [0.1, 0.15) is 5.54 Å². The number of urea groups is 1. The molecule has 0 atom stereocenters. The smallest absolute Gasteiger partial charge is 0.329 e. The molecular formula is C14H17FN2O4. The van der Waals surface area contributed by atoms with Gasteiger partial charge in [-0.3, -0.25) is 0 Å². The fourth-order valence-electron chi connectivity index (χ4n) is 2.49. The highest BCUT2D eigenvalue weighted by Gasteiger charge is 2.42. The fourth-order valence-corrected chi connectivity index (χ4v) is 2.49. The number of carbonyl (C=O) groups excluding carboxylic acids is 1. The zero-order chi connectivity index (χ0) is 15.5. The summed E-state index contributed by atoms with van der Waals surface area (Å²) in [7, 11) is 1.32. The Bertz CT molecular complexity index is 556. The van der Waals surface area contributed by atoms with Gasteiger partial charge in [0.25, 0.3) is 0 Å². The maximum Gasteiger partial charge on any atom is 0.329 e. The van der Waals surface area contributed by atoms with Crippen molar-refractivity contribution in [2.45, 2.75) is 31.2 Å². The van der Waals surface area contributed by atoms with E-state index in [-0.39, 0.29) is 5.75 Å². The van der Waals surface area contributed by atoms with Gasteiger partial charge in [-0.25, -0.2) is 14.0 Å². The Kier molecular flexibility index (Phi) is 4.30. The SMILES string of the molecule is COc1cc(NC(=O)NC2(C(=O)O)CCCC2)ccc1F. The highest BCUT2D eigenvalue weighted by Crippen LogP contribution is 2.30. The summed E-state index contributed by atoms with van der Waals surface area (Å²) in [5.41, 5.74) is -0.891. The first kappa shape index (κ1) is 15.1. The van der Waals surface area contributed by atoms with Crippen molar-refractivity contribution in [3.63, 3.8) is 0 Å². The largest absolute Gasteiger partial charge is 0.494 e. The molecule has 1 aliphatic rings. The third-order valence-corrected chi connectivity index (χ3v) is 3.63. The molecule has 0 aromatic heterocycles. The van der Waals surface area contributed by atoms with Crippen molar-refractivity contribution in [3.8, 4) is 5.75 Å².